The van der Waals surface area contributed by atoms with Crippen molar-refractivity contribution in [2.24, 2.45) is 0 Å². The number of hydrogen-bond acceptors (Lipinski definition) is 5. The number of benzene rings is 1. The van der Waals surface area contributed by atoms with Crippen LogP contribution in [-0.2, 0) is 16.8 Å². The molecule has 0 bridgehead atoms. The van der Waals surface area contributed by atoms with Crippen LogP contribution in [0, 0.1) is 0 Å². The molecule has 0 radical (unpaired) electrons. The highest BCUT2D eigenvalue weighted by Crippen LogP contribution is 2.35. The summed E-state index contributed by atoms with van der Waals surface area (Å²) in [6, 6.07) is 7.15. The third kappa shape index (κ3) is 3.85. The van der Waals surface area contributed by atoms with Crippen molar-refractivity contribution in [1.82, 2.24) is 14.9 Å². The number of carbonyl (C=O) groups is 1. The van der Waals surface area contributed by atoms with E-state index in [1.54, 1.807) is 32.6 Å². The molecular weight excluding hydrogens is 330 g/mol. The zero-order valence-electron chi connectivity index (χ0n) is 15.3. The molecule has 1 fully saturated rings. The molecule has 1 aromatic carbocycles. The minimum atomic E-state index is -1.11. The Bertz CT molecular complexity index is 732. The third-order valence-electron chi connectivity index (χ3n) is 5.11. The summed E-state index contributed by atoms with van der Waals surface area (Å²) in [5, 5.41) is 11.2. The Morgan fingerprint density at radius 3 is 2.77 bits per heavy atom. The first kappa shape index (κ1) is 18.3. The van der Waals surface area contributed by atoms with Crippen molar-refractivity contribution in [2.45, 2.75) is 44.2 Å². The summed E-state index contributed by atoms with van der Waals surface area (Å²) in [7, 11) is 1.61. The van der Waals surface area contributed by atoms with E-state index in [9.17, 15) is 9.90 Å². The number of nitrogens with zero attached hydrogens (tertiary/aromatic N) is 3. The Morgan fingerprint density at radius 1 is 1.35 bits per heavy atom. The molecular formula is C20H25N3O3. The molecule has 1 aromatic heterocycles. The van der Waals surface area contributed by atoms with E-state index in [4.69, 9.17) is 4.74 Å². The molecule has 6 nitrogen and oxygen atoms in total. The third-order valence-corrected chi connectivity index (χ3v) is 5.11. The largest absolute Gasteiger partial charge is 0.497 e. The van der Waals surface area contributed by atoms with Gasteiger partial charge in [-0.25, -0.2) is 0 Å². The Balaban J connectivity index is 1.70. The van der Waals surface area contributed by atoms with Crippen LogP contribution in [-0.4, -0.2) is 45.6 Å². The van der Waals surface area contributed by atoms with Crippen LogP contribution in [0.1, 0.15) is 37.4 Å². The van der Waals surface area contributed by atoms with Gasteiger partial charge in [0.05, 0.1) is 18.8 Å². The van der Waals surface area contributed by atoms with Gasteiger partial charge in [0.15, 0.2) is 0 Å². The van der Waals surface area contributed by atoms with Gasteiger partial charge in [-0.3, -0.25) is 14.8 Å². The van der Waals surface area contributed by atoms with Gasteiger partial charge in [0.2, 0.25) is 5.91 Å². The summed E-state index contributed by atoms with van der Waals surface area (Å²) in [6.45, 7) is 2.46. The first-order chi connectivity index (χ1) is 12.5. The number of rotatable bonds is 6. The topological polar surface area (TPSA) is 75.6 Å². The SMILES string of the molecule is COc1ccc([C@@](C)(O)[C@@H]2CCCN2C(=O)CCc2cnccn2)cc1. The first-order valence-electron chi connectivity index (χ1n) is 8.93. The number of aromatic nitrogens is 2. The summed E-state index contributed by atoms with van der Waals surface area (Å²) in [6.07, 6.45) is 7.54. The fourth-order valence-corrected chi connectivity index (χ4v) is 3.61. The van der Waals surface area contributed by atoms with E-state index in [-0.39, 0.29) is 11.9 Å². The number of aryl methyl sites for hydroxylation is 1. The van der Waals surface area contributed by atoms with E-state index in [2.05, 4.69) is 9.97 Å². The Labute approximate surface area is 153 Å². The van der Waals surface area contributed by atoms with Crippen LogP contribution in [0.5, 0.6) is 5.75 Å². The van der Waals surface area contributed by atoms with Crippen LogP contribution in [0.3, 0.4) is 0 Å². The highest BCUT2D eigenvalue weighted by atomic mass is 16.5. The van der Waals surface area contributed by atoms with E-state index in [0.717, 1.165) is 29.8 Å². The van der Waals surface area contributed by atoms with Crippen LogP contribution in [0.4, 0.5) is 0 Å². The minimum absolute atomic E-state index is 0.0481. The van der Waals surface area contributed by atoms with Crippen LogP contribution in [0.25, 0.3) is 0 Å². The number of amides is 1. The number of carbonyl (C=O) groups excluding carboxylic acids is 1. The van der Waals surface area contributed by atoms with Crippen molar-refractivity contribution < 1.29 is 14.6 Å². The molecule has 3 rings (SSSR count). The average Bonchev–Trinajstić information content (AvgIpc) is 3.18. The van der Waals surface area contributed by atoms with E-state index in [1.807, 2.05) is 29.2 Å². The molecule has 1 aliphatic heterocycles. The number of aliphatic hydroxyl groups is 1. The van der Waals surface area contributed by atoms with Crippen molar-refractivity contribution in [3.8, 4) is 5.75 Å². The van der Waals surface area contributed by atoms with Gasteiger partial charge in [-0.05, 0) is 43.9 Å². The molecule has 1 saturated heterocycles. The van der Waals surface area contributed by atoms with Gasteiger partial charge in [-0.1, -0.05) is 12.1 Å². The van der Waals surface area contributed by atoms with E-state index in [0.29, 0.717) is 19.4 Å². The summed E-state index contributed by atoms with van der Waals surface area (Å²) in [5.74, 6) is 0.791. The van der Waals surface area contributed by atoms with Crippen molar-refractivity contribution in [3.63, 3.8) is 0 Å². The number of hydrogen-bond donors (Lipinski definition) is 1. The molecule has 0 spiro atoms. The van der Waals surface area contributed by atoms with Crippen molar-refractivity contribution in [2.75, 3.05) is 13.7 Å². The van der Waals surface area contributed by atoms with Crippen LogP contribution < -0.4 is 4.74 Å². The second-order valence-corrected chi connectivity index (χ2v) is 6.82. The van der Waals surface area contributed by atoms with Crippen LogP contribution in [0.2, 0.25) is 0 Å². The molecule has 1 aliphatic rings. The fraction of sp³-hybridized carbons (Fsp3) is 0.450. The van der Waals surface area contributed by atoms with E-state index in [1.165, 1.54) is 0 Å². The molecule has 0 saturated carbocycles. The summed E-state index contributed by atoms with van der Waals surface area (Å²) in [5.41, 5.74) is 0.487. The molecule has 26 heavy (non-hydrogen) atoms. The average molecular weight is 355 g/mol. The zero-order chi connectivity index (χ0) is 18.6. The van der Waals surface area contributed by atoms with Gasteiger partial charge in [0, 0.05) is 31.6 Å². The maximum absolute atomic E-state index is 12.8. The Kier molecular flexibility index (Phi) is 5.52. The molecule has 2 atom stereocenters. The number of likely N-dealkylation sites (tertiary alicyclic amines) is 1. The minimum Gasteiger partial charge on any atom is -0.497 e. The molecule has 1 amide bonds. The highest BCUT2D eigenvalue weighted by Gasteiger charge is 2.42. The maximum atomic E-state index is 12.8. The van der Waals surface area contributed by atoms with Gasteiger partial charge >= 0.3 is 0 Å². The Morgan fingerprint density at radius 2 is 2.12 bits per heavy atom. The van der Waals surface area contributed by atoms with Gasteiger partial charge in [-0.15, -0.1) is 0 Å². The molecule has 6 heteroatoms. The van der Waals surface area contributed by atoms with Crippen LogP contribution in [0.15, 0.2) is 42.9 Å². The summed E-state index contributed by atoms with van der Waals surface area (Å²) < 4.78 is 5.18. The molecule has 0 unspecified atom stereocenters. The summed E-state index contributed by atoms with van der Waals surface area (Å²) in [4.78, 5) is 22.8. The first-order valence-corrected chi connectivity index (χ1v) is 8.93. The molecule has 2 heterocycles. The van der Waals surface area contributed by atoms with E-state index < -0.39 is 5.60 Å². The van der Waals surface area contributed by atoms with E-state index >= 15 is 0 Å². The van der Waals surface area contributed by atoms with Gasteiger partial charge in [0.1, 0.15) is 11.4 Å². The lowest BCUT2D eigenvalue weighted by Crippen LogP contribution is -2.48. The smallest absolute Gasteiger partial charge is 0.223 e. The standard InChI is InChI=1S/C20H25N3O3/c1-20(25,15-5-8-17(26-2)9-6-15)18-4-3-13-23(18)19(24)10-7-16-14-21-11-12-22-16/h5-6,8-9,11-12,14,18,25H,3-4,7,10,13H2,1-2H3/t18-,20+/m0/s1. The van der Waals surface area contributed by atoms with Gasteiger partial charge < -0.3 is 14.7 Å². The number of methoxy groups -OCH3 is 1. The Hall–Kier alpha value is -2.47. The summed E-state index contributed by atoms with van der Waals surface area (Å²) >= 11 is 0. The predicted molar refractivity (Wildman–Crippen MR) is 97.7 cm³/mol. The van der Waals surface area contributed by atoms with Gasteiger partial charge in [0.25, 0.3) is 0 Å². The molecule has 138 valence electrons. The normalized spacial score (nSPS) is 19.2. The monoisotopic (exact) mass is 355 g/mol. The lowest BCUT2D eigenvalue weighted by Gasteiger charge is -2.37. The number of ether oxygens (including phenoxy) is 1. The quantitative estimate of drug-likeness (QED) is 0.861. The predicted octanol–water partition coefficient (Wildman–Crippen LogP) is 2.32. The highest BCUT2D eigenvalue weighted by molar-refractivity contribution is 5.77. The molecule has 1 N–H and O–H groups in total. The lowest BCUT2D eigenvalue weighted by atomic mass is 9.86. The van der Waals surface area contributed by atoms with Crippen molar-refractivity contribution in [1.29, 1.82) is 0 Å². The van der Waals surface area contributed by atoms with Crippen LogP contribution >= 0.6 is 0 Å². The fourth-order valence-electron chi connectivity index (χ4n) is 3.61. The second-order valence-electron chi connectivity index (χ2n) is 6.82. The maximum Gasteiger partial charge on any atom is 0.223 e. The molecule has 0 aliphatic carbocycles. The second kappa shape index (κ2) is 7.83. The van der Waals surface area contributed by atoms with Crippen molar-refractivity contribution in [3.05, 3.63) is 54.1 Å². The molecule has 2 aromatic rings. The van der Waals surface area contributed by atoms with Crippen molar-refractivity contribution >= 4 is 5.91 Å². The van der Waals surface area contributed by atoms with Gasteiger partial charge in [-0.2, -0.15) is 0 Å². The lowest BCUT2D eigenvalue weighted by molar-refractivity contribution is -0.137. The zero-order valence-corrected chi connectivity index (χ0v) is 15.3.